The predicted molar refractivity (Wildman–Crippen MR) is 104 cm³/mol. The van der Waals surface area contributed by atoms with Crippen molar-refractivity contribution in [3.8, 4) is 0 Å². The number of amides is 4. The fourth-order valence-electron chi connectivity index (χ4n) is 3.94. The fourth-order valence-corrected chi connectivity index (χ4v) is 4.63. The van der Waals surface area contributed by atoms with Gasteiger partial charge in [0.25, 0.3) is 5.91 Å². The molecule has 0 aliphatic carbocycles. The molecule has 2 aliphatic rings. The molecule has 2 fully saturated rings. The Balaban J connectivity index is 2.20. The Morgan fingerprint density at radius 2 is 1.85 bits per heavy atom. The van der Waals surface area contributed by atoms with Crippen molar-refractivity contribution < 1.29 is 14.4 Å². The summed E-state index contributed by atoms with van der Waals surface area (Å²) >= 11 is 1.81. The third kappa shape index (κ3) is 4.17. The molecule has 148 valence electrons. The second kappa shape index (κ2) is 8.61. The summed E-state index contributed by atoms with van der Waals surface area (Å²) in [7, 11) is 0. The highest BCUT2D eigenvalue weighted by atomic mass is 32.2. The van der Waals surface area contributed by atoms with E-state index in [0.717, 1.165) is 30.2 Å². The van der Waals surface area contributed by atoms with Gasteiger partial charge < -0.3 is 10.6 Å². The van der Waals surface area contributed by atoms with E-state index in [9.17, 15) is 14.4 Å². The lowest BCUT2D eigenvalue weighted by Crippen LogP contribution is -2.58. The predicted octanol–water partition coefficient (Wildman–Crippen LogP) is 1.37. The minimum absolute atomic E-state index is 0.248. The largest absolute Gasteiger partial charge is 0.368 e. The summed E-state index contributed by atoms with van der Waals surface area (Å²) in [4.78, 5) is 42.5. The highest BCUT2D eigenvalue weighted by molar-refractivity contribution is 7.98. The molecule has 1 atom stereocenters. The first-order chi connectivity index (χ1) is 12.2. The van der Waals surface area contributed by atoms with Crippen LogP contribution in [0.4, 0.5) is 4.79 Å². The van der Waals surface area contributed by atoms with Crippen LogP contribution in [0.5, 0.6) is 0 Å². The quantitative estimate of drug-likeness (QED) is 0.639. The molecule has 2 rings (SSSR count). The zero-order valence-electron chi connectivity index (χ0n) is 16.4. The topological polar surface area (TPSA) is 87.0 Å². The Labute approximate surface area is 160 Å². The molecule has 0 aromatic heterocycles. The van der Waals surface area contributed by atoms with Gasteiger partial charge in [0, 0.05) is 31.4 Å². The Bertz CT molecular complexity index is 547. The molecule has 0 saturated carbocycles. The molecular weight excluding hydrogens is 352 g/mol. The van der Waals surface area contributed by atoms with Crippen molar-refractivity contribution in [1.82, 2.24) is 14.7 Å². The van der Waals surface area contributed by atoms with Crippen molar-refractivity contribution in [2.24, 2.45) is 11.7 Å². The van der Waals surface area contributed by atoms with Crippen molar-refractivity contribution in [1.29, 1.82) is 0 Å². The van der Waals surface area contributed by atoms with Gasteiger partial charge in [0.2, 0.25) is 5.91 Å². The van der Waals surface area contributed by atoms with Crippen molar-refractivity contribution in [2.75, 3.05) is 38.2 Å². The van der Waals surface area contributed by atoms with E-state index in [4.69, 9.17) is 5.73 Å². The van der Waals surface area contributed by atoms with Gasteiger partial charge in [-0.05, 0) is 38.4 Å². The van der Waals surface area contributed by atoms with Crippen LogP contribution >= 0.6 is 11.8 Å². The van der Waals surface area contributed by atoms with Gasteiger partial charge in [-0.1, -0.05) is 13.8 Å². The van der Waals surface area contributed by atoms with E-state index in [2.05, 4.69) is 31.9 Å². The van der Waals surface area contributed by atoms with E-state index in [0.29, 0.717) is 31.3 Å². The first kappa shape index (κ1) is 21.0. The van der Waals surface area contributed by atoms with E-state index in [1.165, 1.54) is 0 Å². The fraction of sp³-hybridized carbons (Fsp3) is 0.833. The molecule has 1 spiro atoms. The molecule has 26 heavy (non-hydrogen) atoms. The monoisotopic (exact) mass is 384 g/mol. The summed E-state index contributed by atoms with van der Waals surface area (Å²) in [6.45, 7) is 8.17. The van der Waals surface area contributed by atoms with Crippen molar-refractivity contribution in [3.05, 3.63) is 0 Å². The molecule has 0 bridgehead atoms. The van der Waals surface area contributed by atoms with Gasteiger partial charge in [-0.25, -0.2) is 4.79 Å². The number of piperidine rings is 1. The Hall–Kier alpha value is -1.28. The molecule has 0 aromatic carbocycles. The summed E-state index contributed by atoms with van der Waals surface area (Å²) < 4.78 is 0. The van der Waals surface area contributed by atoms with E-state index >= 15 is 0 Å². The highest BCUT2D eigenvalue weighted by Crippen LogP contribution is 2.38. The van der Waals surface area contributed by atoms with Gasteiger partial charge in [0.1, 0.15) is 12.1 Å². The zero-order chi connectivity index (χ0) is 19.5. The van der Waals surface area contributed by atoms with Crippen LogP contribution < -0.4 is 5.73 Å². The average Bonchev–Trinajstić information content (AvgIpc) is 2.75. The summed E-state index contributed by atoms with van der Waals surface area (Å²) in [5.41, 5.74) is 4.45. The van der Waals surface area contributed by atoms with E-state index in [1.807, 2.05) is 11.8 Å². The van der Waals surface area contributed by atoms with Crippen LogP contribution in [0.1, 0.15) is 40.0 Å². The maximum absolute atomic E-state index is 13.1. The van der Waals surface area contributed by atoms with Gasteiger partial charge in [0.15, 0.2) is 0 Å². The SMILES string of the molecule is CSC[C@@H](C)N1CCC2(CC1)C(=O)N(CC(N)=O)C(=O)N2CCC(C)C. The van der Waals surface area contributed by atoms with Crippen LogP contribution in [0, 0.1) is 5.92 Å². The van der Waals surface area contributed by atoms with Crippen LogP contribution in [-0.4, -0.2) is 82.3 Å². The number of hydrogen-bond donors (Lipinski definition) is 1. The molecule has 2 heterocycles. The standard InChI is InChI=1S/C18H32N4O3S/c1-13(2)5-8-22-17(25)21(11-15(19)23)16(24)18(22)6-9-20(10-7-18)14(3)12-26-4/h13-14H,5-12H2,1-4H3,(H2,19,23)/t14-/m1/s1. The summed E-state index contributed by atoms with van der Waals surface area (Å²) in [6.07, 6.45) is 4.15. The normalized spacial score (nSPS) is 21.9. The van der Waals surface area contributed by atoms with Gasteiger partial charge in [-0.3, -0.25) is 19.4 Å². The van der Waals surface area contributed by atoms with Crippen molar-refractivity contribution in [3.63, 3.8) is 0 Å². The number of nitrogens with two attached hydrogens (primary N) is 1. The van der Waals surface area contributed by atoms with E-state index in [-0.39, 0.29) is 18.5 Å². The smallest absolute Gasteiger partial charge is 0.328 e. The van der Waals surface area contributed by atoms with Crippen molar-refractivity contribution >= 4 is 29.6 Å². The van der Waals surface area contributed by atoms with Gasteiger partial charge in [0.05, 0.1) is 0 Å². The maximum Gasteiger partial charge on any atom is 0.328 e. The van der Waals surface area contributed by atoms with Crippen LogP contribution in [0.3, 0.4) is 0 Å². The highest BCUT2D eigenvalue weighted by Gasteiger charge is 2.58. The molecule has 0 radical (unpaired) electrons. The van der Waals surface area contributed by atoms with Crippen LogP contribution in [0.25, 0.3) is 0 Å². The number of nitrogens with zero attached hydrogens (tertiary/aromatic N) is 3. The van der Waals surface area contributed by atoms with E-state index in [1.54, 1.807) is 4.90 Å². The van der Waals surface area contributed by atoms with Crippen LogP contribution in [-0.2, 0) is 9.59 Å². The lowest BCUT2D eigenvalue weighted by Gasteiger charge is -2.44. The molecular formula is C18H32N4O3S. The average molecular weight is 385 g/mol. The number of carbonyl (C=O) groups excluding carboxylic acids is 3. The minimum atomic E-state index is -0.809. The van der Waals surface area contributed by atoms with Gasteiger partial charge in [-0.2, -0.15) is 11.8 Å². The molecule has 7 nitrogen and oxygen atoms in total. The lowest BCUT2D eigenvalue weighted by atomic mass is 9.85. The minimum Gasteiger partial charge on any atom is -0.368 e. The number of hydrogen-bond acceptors (Lipinski definition) is 5. The first-order valence-corrected chi connectivity index (χ1v) is 10.8. The Morgan fingerprint density at radius 3 is 2.35 bits per heavy atom. The van der Waals surface area contributed by atoms with Crippen LogP contribution in [0.15, 0.2) is 0 Å². The molecule has 0 aromatic rings. The Kier molecular flexibility index (Phi) is 6.96. The third-order valence-electron chi connectivity index (χ3n) is 5.52. The second-order valence-electron chi connectivity index (χ2n) is 7.85. The molecule has 8 heteroatoms. The number of imide groups is 1. The number of carbonyl (C=O) groups is 3. The third-order valence-corrected chi connectivity index (χ3v) is 6.34. The molecule has 2 aliphatic heterocycles. The first-order valence-electron chi connectivity index (χ1n) is 9.37. The van der Waals surface area contributed by atoms with E-state index < -0.39 is 11.4 Å². The summed E-state index contributed by atoms with van der Waals surface area (Å²) in [5, 5.41) is 0. The lowest BCUT2D eigenvalue weighted by molar-refractivity contribution is -0.138. The number of rotatable bonds is 8. The van der Waals surface area contributed by atoms with Crippen molar-refractivity contribution in [2.45, 2.75) is 51.6 Å². The molecule has 4 amide bonds. The number of urea groups is 1. The van der Waals surface area contributed by atoms with Gasteiger partial charge in [-0.15, -0.1) is 0 Å². The van der Waals surface area contributed by atoms with Crippen LogP contribution in [0.2, 0.25) is 0 Å². The molecule has 2 saturated heterocycles. The number of thioether (sulfide) groups is 1. The number of likely N-dealkylation sites (tertiary alicyclic amines) is 1. The zero-order valence-corrected chi connectivity index (χ0v) is 17.2. The molecule has 2 N–H and O–H groups in total. The number of primary amides is 1. The Morgan fingerprint density at radius 1 is 1.23 bits per heavy atom. The summed E-state index contributed by atoms with van der Waals surface area (Å²) in [6, 6.07) is 0.0838. The summed E-state index contributed by atoms with van der Waals surface area (Å²) in [5.74, 6) is 0.577. The van der Waals surface area contributed by atoms with Gasteiger partial charge >= 0.3 is 6.03 Å². The molecule has 0 unspecified atom stereocenters. The maximum atomic E-state index is 13.1. The second-order valence-corrected chi connectivity index (χ2v) is 8.76.